The van der Waals surface area contributed by atoms with Crippen molar-refractivity contribution in [1.29, 1.82) is 0 Å². The van der Waals surface area contributed by atoms with Gasteiger partial charge in [0.1, 0.15) is 50.6 Å². The molecule has 108 heavy (non-hydrogen) atoms. The minimum atomic E-state index is -5.49. The second-order valence-corrected chi connectivity index (χ2v) is 26.7. The Morgan fingerprint density at radius 2 is 0.769 bits per heavy atom. The van der Waals surface area contributed by atoms with E-state index in [4.69, 9.17) is 23.2 Å². The van der Waals surface area contributed by atoms with Crippen molar-refractivity contribution in [2.45, 2.75) is 24.5 Å². The third-order valence-corrected chi connectivity index (χ3v) is 17.0. The van der Waals surface area contributed by atoms with Gasteiger partial charge >= 0.3 is 307 Å². The number of carboxylic acids is 2. The van der Waals surface area contributed by atoms with E-state index in [0.717, 1.165) is 30.1 Å². The quantitative estimate of drug-likeness (QED) is 0.0207. The second-order valence-electron chi connectivity index (χ2n) is 19.1. The molecule has 0 fully saturated rings. The maximum atomic E-state index is 14.0. The number of aromatic carboxylic acids is 2. The first kappa shape index (κ1) is 107. The first-order valence-electron chi connectivity index (χ1n) is 26.1. The second kappa shape index (κ2) is 45.9. The minimum Gasteiger partial charge on any atom is -0.870 e. The molecule has 55 heteroatoms. The molecule has 0 aliphatic carbocycles. The summed E-state index contributed by atoms with van der Waals surface area (Å²) in [5, 5.41) is 87.9. The molecule has 0 aliphatic rings. The van der Waals surface area contributed by atoms with Gasteiger partial charge in [-0.05, 0) is 102 Å². The fraction of sp³-hybridized carbons (Fsp3) is 0.0189. The Labute approximate surface area is 859 Å². The smallest absolute Gasteiger partial charge is 0.870 e. The molecular weight excluding hydrogens is 1790 g/mol. The van der Waals surface area contributed by atoms with Crippen molar-refractivity contribution >= 4 is 155 Å². The number of benzene rings is 7. The number of hydrogen-bond acceptors (Lipinski definition) is 39. The van der Waals surface area contributed by atoms with Crippen molar-refractivity contribution < 1.29 is 401 Å². The van der Waals surface area contributed by atoms with Crippen molar-refractivity contribution in [3.63, 3.8) is 0 Å². The Morgan fingerprint density at radius 1 is 0.426 bits per heavy atom. The zero-order chi connectivity index (χ0) is 72.1. The SMILES string of the molecule is CN(c1nc(Cl)nc(Nc2cc(S(=O)(=O)[O-])cc(N=N[C-](N=Nc3cc(S(=O)(=O)[O-])ccc3C(=O)[O-])c3ccccc3)c2[O-])n1)c1cc(Nc2nc(Cl)nc(Nc3cc(S(=O)(=O)[O-])cc(N=N[C-](N=Nc4cc(S(=O)(=O)[O-])ccc4C(=O)[O-])c4ccccc4)c3[O-])n2)ccc1S(=O)(=O)[O-].[Cu+2].[Cu+2].[K+].[K+].[K+].[Na+].[Na+].[Na+].[Na+]. The van der Waals surface area contributed by atoms with Crippen molar-refractivity contribution in [3.05, 3.63) is 185 Å². The van der Waals surface area contributed by atoms with Gasteiger partial charge < -0.3 is 73.6 Å². The number of aromatic nitrogens is 6. The van der Waals surface area contributed by atoms with Gasteiger partial charge in [-0.25, -0.2) is 42.1 Å². The molecule has 0 saturated carbocycles. The summed E-state index contributed by atoms with van der Waals surface area (Å²) in [6.45, 7) is 0. The molecule has 2 aromatic heterocycles. The fourth-order valence-electron chi connectivity index (χ4n) is 8.05. The number of carbonyl (C=O) groups excluding carboxylic acids is 2. The van der Waals surface area contributed by atoms with Crippen LogP contribution in [0.25, 0.3) is 0 Å². The first-order chi connectivity index (χ1) is 46.4. The molecule has 0 atom stereocenters. The van der Waals surface area contributed by atoms with Crippen LogP contribution in [0.4, 0.5) is 69.3 Å². The van der Waals surface area contributed by atoms with Crippen LogP contribution in [0, 0.1) is 12.3 Å². The van der Waals surface area contributed by atoms with E-state index < -0.39 is 196 Å². The summed E-state index contributed by atoms with van der Waals surface area (Å²) < 4.78 is 184. The number of nitrogens with zero attached hydrogens (tertiary/aromatic N) is 15. The number of carbonyl (C=O) groups is 2. The van der Waals surface area contributed by atoms with Gasteiger partial charge in [0.25, 0.3) is 0 Å². The van der Waals surface area contributed by atoms with Crippen LogP contribution < -0.4 is 314 Å². The molecule has 0 saturated heterocycles. The van der Waals surface area contributed by atoms with Crippen molar-refractivity contribution in [3.8, 4) is 11.5 Å². The average molecular weight is 1820 g/mol. The zero-order valence-corrected chi connectivity index (χ0v) is 80.8. The Morgan fingerprint density at radius 3 is 1.13 bits per heavy atom. The molecule has 39 nitrogen and oxygen atoms in total. The molecule has 0 bridgehead atoms. The van der Waals surface area contributed by atoms with E-state index >= 15 is 0 Å². The summed E-state index contributed by atoms with van der Waals surface area (Å²) in [6.07, 6.45) is -1.13. The molecular formula is C53H29Cl2Cu2K3N18Na4O21S5. The maximum Gasteiger partial charge on any atom is 2.00 e. The Balaban J connectivity index is 0.0000127. The number of halogens is 2. The van der Waals surface area contributed by atoms with Crippen LogP contribution in [0.3, 0.4) is 0 Å². The maximum absolute atomic E-state index is 14.0. The van der Waals surface area contributed by atoms with Gasteiger partial charge in [-0.1, -0.05) is 23.6 Å². The molecule has 9 aromatic rings. The van der Waals surface area contributed by atoms with Gasteiger partial charge in [-0.3, -0.25) is 0 Å². The van der Waals surface area contributed by atoms with Crippen molar-refractivity contribution in [2.75, 3.05) is 27.9 Å². The van der Waals surface area contributed by atoms with Crippen LogP contribution in [0.5, 0.6) is 11.5 Å². The van der Waals surface area contributed by atoms with Gasteiger partial charge in [0.05, 0.1) is 77.2 Å². The molecule has 2 radical (unpaired) electrons. The Bertz CT molecular complexity index is 5530. The Hall–Kier alpha value is -1.48. The number of carboxylic acid groups (broad SMARTS) is 2. The van der Waals surface area contributed by atoms with Crippen LogP contribution in [0.2, 0.25) is 10.6 Å². The molecule has 3 N–H and O–H groups in total. The standard InChI is InChI=1S/C53H38Cl2N18O21S5.2Cu.3K.4Na/c1-73(53-62-49(55)61-52(64-53)58-37-22-31(98(89,90)91)24-39(43(37)75)68-72-45(26-10-6-3-7-11-26)70-66-35-20-29(96(83,84)85)14-16-33(35)47(78)79)40-18-27(12-17-41(40)99(92,93)94)56-50-59-48(54)60-51(63-50)57-36-21-30(97(86,87)88)23-38(42(36)74)67-71-44(25-8-4-2-5-9-25)69-65-34-19-28(95(80,81)82)13-15-32(34)46(76)77;;;;;;;;;/h2-24,74-75H,1H3,(H,76,77)(H,78,79)(H,80,81,82)(H,83,84,85)(H,86,87,88)(H,89,90,91)(H,92,93,94)(H,58,61,62,64)(H2,56,57,59,60,63);;;;;;;;;/q-2;2*+2;7*+1/p-9. The summed E-state index contributed by atoms with van der Waals surface area (Å²) in [5.41, 5.74) is -7.04. The molecule has 530 valence electrons. The first-order valence-corrected chi connectivity index (χ1v) is 33.9. The number of azo groups is 4. The van der Waals surface area contributed by atoms with E-state index in [2.05, 4.69) is 86.8 Å². The molecule has 0 amide bonds. The summed E-state index contributed by atoms with van der Waals surface area (Å²) in [6, 6.07) is 23.0. The molecule has 0 spiro atoms. The van der Waals surface area contributed by atoms with E-state index in [9.17, 15) is 94.9 Å². The monoisotopic (exact) mass is 1820 g/mol. The number of anilines is 8. The van der Waals surface area contributed by atoms with Crippen LogP contribution in [0.15, 0.2) is 205 Å². The van der Waals surface area contributed by atoms with E-state index in [-0.39, 0.29) is 323 Å². The predicted octanol–water partition coefficient (Wildman–Crippen LogP) is -16.4. The van der Waals surface area contributed by atoms with Gasteiger partial charge in [0.2, 0.25) is 34.4 Å². The topological polar surface area (TPSA) is 628 Å². The van der Waals surface area contributed by atoms with E-state index in [1.54, 1.807) is 0 Å². The average Bonchev–Trinajstić information content (AvgIpc) is 0.794. The molecule has 0 aliphatic heterocycles. The van der Waals surface area contributed by atoms with Gasteiger partial charge in [0, 0.05) is 35.2 Å². The molecule has 7 aromatic carbocycles. The zero-order valence-electron chi connectivity index (χ0n) is 56.0. The van der Waals surface area contributed by atoms with Gasteiger partial charge in [0.15, 0.2) is 0 Å². The third kappa shape index (κ3) is 29.3. The summed E-state index contributed by atoms with van der Waals surface area (Å²) in [5.74, 6) is -8.82. The van der Waals surface area contributed by atoms with Crippen molar-refractivity contribution in [2.24, 2.45) is 40.9 Å². The molecule has 0 unspecified atom stereocenters. The number of hydrogen-bond donors (Lipinski definition) is 3. The molecule has 9 rings (SSSR count). The fourth-order valence-corrected chi connectivity index (χ4v) is 11.1. The predicted molar refractivity (Wildman–Crippen MR) is 323 cm³/mol. The van der Waals surface area contributed by atoms with E-state index in [1.165, 1.54) is 60.7 Å². The number of nitrogens with one attached hydrogen (secondary N) is 3. The normalized spacial score (nSPS) is 11.3. The van der Waals surface area contributed by atoms with Gasteiger partial charge in [-0.15, -0.1) is 35.4 Å². The molecule has 2 heterocycles. The summed E-state index contributed by atoms with van der Waals surface area (Å²) >= 11 is 12.5. The number of rotatable bonds is 25. The minimum absolute atomic E-state index is 0. The largest absolute Gasteiger partial charge is 2.00 e. The summed E-state index contributed by atoms with van der Waals surface area (Å²) in [4.78, 5) is 43.3. The van der Waals surface area contributed by atoms with Gasteiger partial charge in [-0.2, -0.15) is 95.1 Å². The van der Waals surface area contributed by atoms with E-state index in [1.807, 2.05) is 0 Å². The van der Waals surface area contributed by atoms with Crippen LogP contribution >= 0.6 is 23.2 Å². The van der Waals surface area contributed by atoms with Crippen molar-refractivity contribution in [1.82, 2.24) is 29.9 Å². The third-order valence-electron chi connectivity index (χ3n) is 12.5. The van der Waals surface area contributed by atoms with Crippen LogP contribution in [-0.4, -0.2) is 114 Å². The van der Waals surface area contributed by atoms with Crippen LogP contribution in [0.1, 0.15) is 31.8 Å². The summed E-state index contributed by atoms with van der Waals surface area (Å²) in [7, 11) is -25.7. The van der Waals surface area contributed by atoms with Crippen LogP contribution in [-0.2, 0) is 84.7 Å². The van der Waals surface area contributed by atoms with E-state index in [0.29, 0.717) is 60.7 Å². The Kier molecular flexibility index (Phi) is 45.2.